The number of nitrogens with zero attached hydrogens (tertiary/aromatic N) is 2. The number of halogens is 1. The third-order valence-electron chi connectivity index (χ3n) is 5.15. The molecule has 6 nitrogen and oxygen atoms in total. The molecule has 1 saturated heterocycles. The lowest BCUT2D eigenvalue weighted by atomic mass is 10.1. The zero-order valence-electron chi connectivity index (χ0n) is 17.3. The molecule has 0 unspecified atom stereocenters. The fourth-order valence-corrected chi connectivity index (χ4v) is 3.66. The van der Waals surface area contributed by atoms with E-state index < -0.39 is 5.92 Å². The van der Waals surface area contributed by atoms with Crippen molar-refractivity contribution in [3.63, 3.8) is 0 Å². The van der Waals surface area contributed by atoms with Crippen molar-refractivity contribution < 1.29 is 14.3 Å². The number of para-hydroxylation sites is 1. The first kappa shape index (κ1) is 21.8. The van der Waals surface area contributed by atoms with Crippen molar-refractivity contribution in [1.29, 1.82) is 0 Å². The molecule has 32 heavy (non-hydrogen) atoms. The van der Waals surface area contributed by atoms with Crippen LogP contribution >= 0.6 is 15.9 Å². The summed E-state index contributed by atoms with van der Waals surface area (Å²) in [5.74, 6) is 0.00959. The Labute approximate surface area is 195 Å². The number of anilines is 1. The minimum absolute atomic E-state index is 0.0564. The Morgan fingerprint density at radius 1 is 1.06 bits per heavy atom. The van der Waals surface area contributed by atoms with E-state index in [0.717, 1.165) is 27.0 Å². The molecule has 0 bridgehead atoms. The van der Waals surface area contributed by atoms with Gasteiger partial charge in [0.05, 0.1) is 12.1 Å². The molecule has 4 rings (SSSR count). The van der Waals surface area contributed by atoms with Crippen LogP contribution in [0.15, 0.2) is 88.4 Å². The average Bonchev–Trinajstić information content (AvgIpc) is 3.22. The molecule has 0 aromatic heterocycles. The van der Waals surface area contributed by atoms with Crippen molar-refractivity contribution >= 4 is 39.6 Å². The Balaban J connectivity index is 1.26. The number of carbonyl (C=O) groups is 2. The number of nitrogens with one attached hydrogen (secondary N) is 1. The van der Waals surface area contributed by atoms with E-state index in [1.54, 1.807) is 11.1 Å². The molecule has 3 aromatic carbocycles. The predicted octanol–water partition coefficient (Wildman–Crippen LogP) is 4.53. The molecule has 0 aliphatic carbocycles. The Hall–Kier alpha value is -3.45. The Morgan fingerprint density at radius 3 is 2.50 bits per heavy atom. The third-order valence-corrected chi connectivity index (χ3v) is 5.68. The first-order valence-corrected chi connectivity index (χ1v) is 11.0. The minimum Gasteiger partial charge on any atom is -0.489 e. The van der Waals surface area contributed by atoms with Gasteiger partial charge in [0.2, 0.25) is 11.8 Å². The summed E-state index contributed by atoms with van der Waals surface area (Å²) < 4.78 is 6.82. The van der Waals surface area contributed by atoms with E-state index in [1.807, 2.05) is 78.9 Å². The topological polar surface area (TPSA) is 71.0 Å². The van der Waals surface area contributed by atoms with Crippen LogP contribution in [0.25, 0.3) is 0 Å². The summed E-state index contributed by atoms with van der Waals surface area (Å²) in [7, 11) is 0. The summed E-state index contributed by atoms with van der Waals surface area (Å²) in [5, 5.41) is 4.04. The van der Waals surface area contributed by atoms with E-state index in [2.05, 4.69) is 26.5 Å². The number of hydrogen-bond acceptors (Lipinski definition) is 4. The average molecular weight is 492 g/mol. The van der Waals surface area contributed by atoms with Crippen LogP contribution in [0.3, 0.4) is 0 Å². The van der Waals surface area contributed by atoms with Gasteiger partial charge >= 0.3 is 0 Å². The number of ether oxygens (including phenoxy) is 1. The van der Waals surface area contributed by atoms with Gasteiger partial charge in [-0.25, -0.2) is 5.43 Å². The molecule has 0 radical (unpaired) electrons. The summed E-state index contributed by atoms with van der Waals surface area (Å²) in [5.41, 5.74) is 5.26. The van der Waals surface area contributed by atoms with Gasteiger partial charge in [0.1, 0.15) is 12.4 Å². The highest BCUT2D eigenvalue weighted by atomic mass is 79.9. The molecular weight excluding hydrogens is 470 g/mol. The SMILES string of the molecule is O=C(N/N=C\c1ccc(OCc2ccc(Br)cc2)cc1)[C@@H]1CC(=O)N(c2ccccc2)C1. The van der Waals surface area contributed by atoms with E-state index >= 15 is 0 Å². The van der Waals surface area contributed by atoms with Crippen molar-refractivity contribution in [2.24, 2.45) is 11.0 Å². The number of hydrazone groups is 1. The zero-order chi connectivity index (χ0) is 22.3. The largest absolute Gasteiger partial charge is 0.489 e. The van der Waals surface area contributed by atoms with Crippen molar-refractivity contribution in [1.82, 2.24) is 5.43 Å². The van der Waals surface area contributed by atoms with Crippen molar-refractivity contribution in [3.05, 3.63) is 94.5 Å². The first-order valence-electron chi connectivity index (χ1n) is 10.2. The van der Waals surface area contributed by atoms with Crippen LogP contribution in [0.2, 0.25) is 0 Å². The normalized spacial score (nSPS) is 15.8. The second-order valence-corrected chi connectivity index (χ2v) is 8.38. The summed E-state index contributed by atoms with van der Waals surface area (Å²) >= 11 is 3.42. The van der Waals surface area contributed by atoms with Gasteiger partial charge in [0.15, 0.2) is 0 Å². The van der Waals surface area contributed by atoms with Crippen LogP contribution in [0.4, 0.5) is 5.69 Å². The molecule has 162 valence electrons. The van der Waals surface area contributed by atoms with Gasteiger partial charge in [0, 0.05) is 23.1 Å². The fourth-order valence-electron chi connectivity index (χ4n) is 3.40. The number of benzene rings is 3. The van der Waals surface area contributed by atoms with Gasteiger partial charge in [-0.15, -0.1) is 0 Å². The lowest BCUT2D eigenvalue weighted by Crippen LogP contribution is -2.30. The van der Waals surface area contributed by atoms with E-state index in [-0.39, 0.29) is 18.2 Å². The molecule has 1 atom stereocenters. The van der Waals surface area contributed by atoms with E-state index in [1.165, 1.54) is 0 Å². The second kappa shape index (κ2) is 10.2. The summed E-state index contributed by atoms with van der Waals surface area (Å²) in [6.45, 7) is 0.839. The molecule has 1 heterocycles. The molecule has 2 amide bonds. The molecule has 7 heteroatoms. The first-order chi connectivity index (χ1) is 15.6. The van der Waals surface area contributed by atoms with Gasteiger partial charge in [-0.3, -0.25) is 9.59 Å². The maximum absolute atomic E-state index is 12.4. The van der Waals surface area contributed by atoms with E-state index in [9.17, 15) is 9.59 Å². The summed E-state index contributed by atoms with van der Waals surface area (Å²) in [6, 6.07) is 24.8. The molecule has 0 spiro atoms. The van der Waals surface area contributed by atoms with Gasteiger partial charge < -0.3 is 9.64 Å². The molecule has 1 aliphatic rings. The Bertz CT molecular complexity index is 1100. The predicted molar refractivity (Wildman–Crippen MR) is 128 cm³/mol. The van der Waals surface area contributed by atoms with Crippen LogP contribution in [0.1, 0.15) is 17.5 Å². The second-order valence-electron chi connectivity index (χ2n) is 7.46. The highest BCUT2D eigenvalue weighted by Gasteiger charge is 2.34. The Kier molecular flexibility index (Phi) is 6.97. The molecule has 1 N–H and O–H groups in total. The molecule has 0 saturated carbocycles. The molecular formula is C25H22BrN3O3. The van der Waals surface area contributed by atoms with E-state index in [0.29, 0.717) is 13.2 Å². The zero-order valence-corrected chi connectivity index (χ0v) is 18.9. The van der Waals surface area contributed by atoms with Crippen molar-refractivity contribution in [2.45, 2.75) is 13.0 Å². The summed E-state index contributed by atoms with van der Waals surface area (Å²) in [4.78, 5) is 26.3. The minimum atomic E-state index is -0.422. The molecule has 1 aliphatic heterocycles. The standard InChI is InChI=1S/C25H22BrN3O3/c26-21-10-6-19(7-11-21)17-32-23-12-8-18(9-13-23)15-27-28-25(31)20-14-24(30)29(16-20)22-4-2-1-3-5-22/h1-13,15,20H,14,16-17H2,(H,28,31)/b27-15-/t20-/m1/s1. The fraction of sp³-hybridized carbons (Fsp3) is 0.160. The van der Waals surface area contributed by atoms with Crippen LogP contribution in [-0.2, 0) is 16.2 Å². The van der Waals surface area contributed by atoms with Crippen molar-refractivity contribution in [2.75, 3.05) is 11.4 Å². The van der Waals surface area contributed by atoms with Crippen LogP contribution in [-0.4, -0.2) is 24.6 Å². The molecule has 1 fully saturated rings. The van der Waals surface area contributed by atoms with Crippen LogP contribution < -0.4 is 15.1 Å². The van der Waals surface area contributed by atoms with Gasteiger partial charge in [0.25, 0.3) is 0 Å². The third kappa shape index (κ3) is 5.62. The van der Waals surface area contributed by atoms with Gasteiger partial charge in [-0.1, -0.05) is 46.3 Å². The summed E-state index contributed by atoms with van der Waals surface area (Å²) in [6.07, 6.45) is 1.75. The number of rotatable bonds is 7. The highest BCUT2D eigenvalue weighted by molar-refractivity contribution is 9.10. The van der Waals surface area contributed by atoms with E-state index in [4.69, 9.17) is 4.74 Å². The van der Waals surface area contributed by atoms with Gasteiger partial charge in [-0.05, 0) is 59.7 Å². The quantitative estimate of drug-likeness (QED) is 0.389. The van der Waals surface area contributed by atoms with Gasteiger partial charge in [-0.2, -0.15) is 5.10 Å². The smallest absolute Gasteiger partial charge is 0.245 e. The maximum atomic E-state index is 12.4. The number of carbonyl (C=O) groups excluding carboxylic acids is 2. The Morgan fingerprint density at radius 2 is 1.78 bits per heavy atom. The maximum Gasteiger partial charge on any atom is 0.245 e. The highest BCUT2D eigenvalue weighted by Crippen LogP contribution is 2.24. The van der Waals surface area contributed by atoms with Crippen LogP contribution in [0.5, 0.6) is 5.75 Å². The number of hydrogen-bond donors (Lipinski definition) is 1. The van der Waals surface area contributed by atoms with Crippen LogP contribution in [0, 0.1) is 5.92 Å². The lowest BCUT2D eigenvalue weighted by Gasteiger charge is -2.16. The monoisotopic (exact) mass is 491 g/mol. The van der Waals surface area contributed by atoms with Crippen molar-refractivity contribution in [3.8, 4) is 5.75 Å². The lowest BCUT2D eigenvalue weighted by molar-refractivity contribution is -0.126. The molecule has 3 aromatic rings. The number of amides is 2.